The second kappa shape index (κ2) is 9.16. The van der Waals surface area contributed by atoms with E-state index < -0.39 is 11.8 Å². The van der Waals surface area contributed by atoms with Gasteiger partial charge in [0.1, 0.15) is 11.5 Å². The van der Waals surface area contributed by atoms with E-state index in [1.54, 1.807) is 6.92 Å². The number of carbonyl (C=O) groups excluding carboxylic acids is 2. The molecule has 0 bridgehead atoms. The minimum atomic E-state index is -0.599. The summed E-state index contributed by atoms with van der Waals surface area (Å²) >= 11 is 0. The minimum Gasteiger partial charge on any atom is -0.461 e. The molecule has 3 rings (SSSR count). The van der Waals surface area contributed by atoms with Crippen LogP contribution in [-0.2, 0) is 9.53 Å². The minimum absolute atomic E-state index is 0.102. The van der Waals surface area contributed by atoms with Gasteiger partial charge < -0.3 is 25.0 Å². The van der Waals surface area contributed by atoms with E-state index in [0.29, 0.717) is 17.3 Å². The molecule has 0 radical (unpaired) electrons. The average molecular weight is 392 g/mol. The highest BCUT2D eigenvalue weighted by molar-refractivity contribution is 6.11. The third-order valence-electron chi connectivity index (χ3n) is 5.25. The van der Waals surface area contributed by atoms with Crippen molar-refractivity contribution in [3.05, 3.63) is 29.7 Å². The summed E-state index contributed by atoms with van der Waals surface area (Å²) in [6.07, 6.45) is 3.78. The van der Waals surface area contributed by atoms with Gasteiger partial charge in [-0.25, -0.2) is 9.18 Å². The highest BCUT2D eigenvalue weighted by Crippen LogP contribution is 2.29. The Labute approximate surface area is 162 Å². The predicted octanol–water partition coefficient (Wildman–Crippen LogP) is 1.24. The molecule has 152 valence electrons. The summed E-state index contributed by atoms with van der Waals surface area (Å²) in [6, 6.07) is 4.34. The first-order valence-corrected chi connectivity index (χ1v) is 9.77. The molecule has 1 fully saturated rings. The molecule has 1 aromatic heterocycles. The number of benzene rings is 1. The van der Waals surface area contributed by atoms with E-state index in [4.69, 9.17) is 4.74 Å². The lowest BCUT2D eigenvalue weighted by Crippen LogP contribution is -3.17. The lowest BCUT2D eigenvalue weighted by Gasteiger charge is -2.31. The number of hydrogen-bond acceptors (Lipinski definition) is 4. The average Bonchev–Trinajstić information content (AvgIpc) is 3.01. The zero-order valence-corrected chi connectivity index (χ0v) is 16.0. The van der Waals surface area contributed by atoms with Crippen molar-refractivity contribution in [1.82, 2.24) is 4.98 Å². The molecule has 2 atom stereocenters. The standard InChI is InChI=1S/C20H26FN3O4/c1-2-28-20(27)19-18(15-11-13(21)6-7-16(15)22-19)23-17(26)12-24-9-4-3-5-14(24)8-10-25/h6-7,11,14,22,25H,2-5,8-10,12H2,1H3,(H,23,26)/p+1/t14-/m0/s1. The number of carbonyl (C=O) groups is 2. The number of fused-ring (bicyclic) bond motifs is 1. The van der Waals surface area contributed by atoms with Crippen LogP contribution < -0.4 is 10.2 Å². The molecule has 1 amide bonds. The van der Waals surface area contributed by atoms with Gasteiger partial charge in [-0.15, -0.1) is 0 Å². The smallest absolute Gasteiger partial charge is 0.356 e. The van der Waals surface area contributed by atoms with Crippen molar-refractivity contribution in [2.45, 2.75) is 38.6 Å². The summed E-state index contributed by atoms with van der Waals surface area (Å²) < 4.78 is 18.8. The zero-order valence-electron chi connectivity index (χ0n) is 16.0. The van der Waals surface area contributed by atoms with Crippen LogP contribution in [0.3, 0.4) is 0 Å². The van der Waals surface area contributed by atoms with Gasteiger partial charge in [0.05, 0.1) is 24.9 Å². The third-order valence-corrected chi connectivity index (χ3v) is 5.25. The van der Waals surface area contributed by atoms with Gasteiger partial charge in [0.15, 0.2) is 6.54 Å². The van der Waals surface area contributed by atoms with Crippen LogP contribution in [0.25, 0.3) is 10.9 Å². The Balaban J connectivity index is 1.83. The summed E-state index contributed by atoms with van der Waals surface area (Å²) in [7, 11) is 0. The molecule has 4 N–H and O–H groups in total. The van der Waals surface area contributed by atoms with Gasteiger partial charge in [-0.05, 0) is 44.4 Å². The summed E-state index contributed by atoms with van der Waals surface area (Å²) in [4.78, 5) is 29.1. The fourth-order valence-corrected chi connectivity index (χ4v) is 3.93. The third kappa shape index (κ3) is 4.51. The van der Waals surface area contributed by atoms with Crippen LogP contribution in [0, 0.1) is 5.82 Å². The van der Waals surface area contributed by atoms with Gasteiger partial charge in [-0.3, -0.25) is 4.79 Å². The Kier molecular flexibility index (Phi) is 6.64. The first kappa shape index (κ1) is 20.3. The molecule has 28 heavy (non-hydrogen) atoms. The molecule has 8 heteroatoms. The molecule has 1 aliphatic heterocycles. The summed E-state index contributed by atoms with van der Waals surface area (Å²) in [5, 5.41) is 12.5. The second-order valence-corrected chi connectivity index (χ2v) is 7.12. The topological polar surface area (TPSA) is 95.9 Å². The number of quaternary nitrogens is 1. The number of H-pyrrole nitrogens is 1. The number of halogens is 1. The van der Waals surface area contributed by atoms with E-state index >= 15 is 0 Å². The van der Waals surface area contributed by atoms with Crippen molar-refractivity contribution < 1.29 is 28.7 Å². The number of esters is 1. The van der Waals surface area contributed by atoms with Crippen molar-refractivity contribution in [3.8, 4) is 0 Å². The molecule has 1 aromatic carbocycles. The number of hydrogen-bond donors (Lipinski definition) is 4. The number of anilines is 1. The van der Waals surface area contributed by atoms with Gasteiger partial charge in [0, 0.05) is 23.9 Å². The SMILES string of the molecule is CCOC(=O)c1[nH]c2ccc(F)cc2c1NC(=O)C[NH+]1CCCC[C@H]1CCO. The normalized spacial score (nSPS) is 19.5. The number of aromatic nitrogens is 1. The fourth-order valence-electron chi connectivity index (χ4n) is 3.93. The molecular formula is C20H27FN3O4+. The van der Waals surface area contributed by atoms with E-state index in [1.165, 1.54) is 18.2 Å². The number of aliphatic hydroxyl groups is 1. The Bertz CT molecular complexity index is 849. The molecule has 0 spiro atoms. The Morgan fingerprint density at radius 2 is 2.21 bits per heavy atom. The molecule has 1 aliphatic rings. The number of likely N-dealkylation sites (tertiary alicyclic amines) is 1. The summed E-state index contributed by atoms with van der Waals surface area (Å²) in [6.45, 7) is 3.08. The maximum Gasteiger partial charge on any atom is 0.356 e. The quantitative estimate of drug-likeness (QED) is 0.533. The van der Waals surface area contributed by atoms with Gasteiger partial charge in [-0.2, -0.15) is 0 Å². The van der Waals surface area contributed by atoms with E-state index in [9.17, 15) is 19.1 Å². The monoisotopic (exact) mass is 392 g/mol. The summed E-state index contributed by atoms with van der Waals surface area (Å²) in [5.74, 6) is -1.31. The number of nitrogens with one attached hydrogen (secondary N) is 3. The Morgan fingerprint density at radius 3 is 2.96 bits per heavy atom. The highest BCUT2D eigenvalue weighted by atomic mass is 19.1. The number of aliphatic hydroxyl groups excluding tert-OH is 1. The highest BCUT2D eigenvalue weighted by Gasteiger charge is 2.29. The van der Waals surface area contributed by atoms with Gasteiger partial charge in [-0.1, -0.05) is 0 Å². The van der Waals surface area contributed by atoms with Crippen LogP contribution in [0.5, 0.6) is 0 Å². The van der Waals surface area contributed by atoms with E-state index in [-0.39, 0.29) is 43.1 Å². The molecule has 2 aromatic rings. The molecule has 0 saturated carbocycles. The number of ether oxygens (including phenoxy) is 1. The molecule has 1 saturated heterocycles. The van der Waals surface area contributed by atoms with Crippen molar-refractivity contribution in [2.75, 3.05) is 31.6 Å². The maximum atomic E-state index is 13.8. The lowest BCUT2D eigenvalue weighted by molar-refractivity contribution is -0.923. The second-order valence-electron chi connectivity index (χ2n) is 7.12. The van der Waals surface area contributed by atoms with Crippen LogP contribution in [0.1, 0.15) is 43.1 Å². The van der Waals surface area contributed by atoms with Crippen molar-refractivity contribution in [1.29, 1.82) is 0 Å². The number of aromatic amines is 1. The van der Waals surface area contributed by atoms with Crippen LogP contribution in [0.4, 0.5) is 10.1 Å². The predicted molar refractivity (Wildman–Crippen MR) is 103 cm³/mol. The van der Waals surface area contributed by atoms with Gasteiger partial charge >= 0.3 is 5.97 Å². The van der Waals surface area contributed by atoms with Crippen LogP contribution in [-0.4, -0.2) is 54.3 Å². The Hall–Kier alpha value is -2.45. The molecule has 2 heterocycles. The van der Waals surface area contributed by atoms with Gasteiger partial charge in [0.2, 0.25) is 0 Å². The number of rotatable bonds is 7. The largest absolute Gasteiger partial charge is 0.461 e. The van der Waals surface area contributed by atoms with E-state index in [2.05, 4.69) is 10.3 Å². The lowest BCUT2D eigenvalue weighted by atomic mass is 9.99. The van der Waals surface area contributed by atoms with E-state index in [0.717, 1.165) is 30.7 Å². The Morgan fingerprint density at radius 1 is 1.39 bits per heavy atom. The molecular weight excluding hydrogens is 365 g/mol. The van der Waals surface area contributed by atoms with E-state index in [1.807, 2.05) is 0 Å². The fraction of sp³-hybridized carbons (Fsp3) is 0.500. The number of amides is 1. The summed E-state index contributed by atoms with van der Waals surface area (Å²) in [5.41, 5.74) is 0.896. The number of piperidine rings is 1. The van der Waals surface area contributed by atoms with Crippen molar-refractivity contribution in [3.63, 3.8) is 0 Å². The van der Waals surface area contributed by atoms with Crippen molar-refractivity contribution in [2.24, 2.45) is 0 Å². The molecule has 7 nitrogen and oxygen atoms in total. The molecule has 0 aliphatic carbocycles. The first-order valence-electron chi connectivity index (χ1n) is 9.77. The van der Waals surface area contributed by atoms with Crippen LogP contribution in [0.2, 0.25) is 0 Å². The maximum absolute atomic E-state index is 13.8. The molecule has 1 unspecified atom stereocenters. The van der Waals surface area contributed by atoms with Crippen molar-refractivity contribution >= 4 is 28.5 Å². The first-order chi connectivity index (χ1) is 13.5. The van der Waals surface area contributed by atoms with Gasteiger partial charge in [0.25, 0.3) is 5.91 Å². The zero-order chi connectivity index (χ0) is 20.1. The van der Waals surface area contributed by atoms with Crippen LogP contribution >= 0.6 is 0 Å². The van der Waals surface area contributed by atoms with Crippen LogP contribution in [0.15, 0.2) is 18.2 Å².